The first-order chi connectivity index (χ1) is 7.59. The third kappa shape index (κ3) is 4.05. The van der Waals surface area contributed by atoms with Crippen molar-refractivity contribution in [3.8, 4) is 0 Å². The monoisotopic (exact) mass is 232 g/mol. The van der Waals surface area contributed by atoms with Crippen LogP contribution in [0.15, 0.2) is 0 Å². The van der Waals surface area contributed by atoms with Crippen molar-refractivity contribution in [2.75, 3.05) is 33.0 Å². The fourth-order valence-electron chi connectivity index (χ4n) is 1.49. The van der Waals surface area contributed by atoms with E-state index in [0.29, 0.717) is 13.2 Å². The number of rotatable bonds is 5. The van der Waals surface area contributed by atoms with Gasteiger partial charge in [-0.2, -0.15) is 0 Å². The zero-order valence-corrected chi connectivity index (χ0v) is 9.53. The van der Waals surface area contributed by atoms with Gasteiger partial charge in [-0.25, -0.2) is 0 Å². The van der Waals surface area contributed by atoms with E-state index in [4.69, 9.17) is 14.9 Å². The van der Waals surface area contributed by atoms with E-state index in [9.17, 15) is 4.79 Å². The number of morpholine rings is 1. The lowest BCUT2D eigenvalue weighted by Gasteiger charge is -2.28. The molecule has 0 radical (unpaired) electrons. The summed E-state index contributed by atoms with van der Waals surface area (Å²) in [7, 11) is 0. The Bertz CT molecular complexity index is 225. The molecule has 1 atom stereocenters. The summed E-state index contributed by atoms with van der Waals surface area (Å²) >= 11 is 0. The second-order valence-corrected chi connectivity index (χ2v) is 4.36. The second kappa shape index (κ2) is 6.15. The Kier molecular flexibility index (Phi) is 5.14. The molecule has 0 aromatic carbocycles. The van der Waals surface area contributed by atoms with Gasteiger partial charge in [0.1, 0.15) is 0 Å². The number of aliphatic hydroxyl groups is 2. The number of hydrogen-bond donors (Lipinski definition) is 4. The minimum absolute atomic E-state index is 0.00962. The van der Waals surface area contributed by atoms with Crippen molar-refractivity contribution in [1.82, 2.24) is 10.6 Å². The number of amides is 1. The van der Waals surface area contributed by atoms with Crippen LogP contribution in [-0.2, 0) is 9.53 Å². The van der Waals surface area contributed by atoms with E-state index in [0.717, 1.165) is 6.54 Å². The largest absolute Gasteiger partial charge is 0.394 e. The lowest BCUT2D eigenvalue weighted by molar-refractivity contribution is -0.125. The Balaban J connectivity index is 2.34. The molecule has 0 saturated carbocycles. The van der Waals surface area contributed by atoms with E-state index in [2.05, 4.69) is 10.6 Å². The smallest absolute Gasteiger partial charge is 0.222 e. The Hall–Kier alpha value is -0.690. The van der Waals surface area contributed by atoms with Crippen LogP contribution in [0.5, 0.6) is 0 Å². The highest BCUT2D eigenvalue weighted by atomic mass is 16.5. The molecule has 0 bridgehead atoms. The lowest BCUT2D eigenvalue weighted by Crippen LogP contribution is -2.53. The minimum atomic E-state index is -0.952. The Morgan fingerprint density at radius 1 is 1.56 bits per heavy atom. The van der Waals surface area contributed by atoms with Crippen LogP contribution in [0.3, 0.4) is 0 Å². The van der Waals surface area contributed by atoms with E-state index in [1.165, 1.54) is 0 Å². The van der Waals surface area contributed by atoms with E-state index in [-0.39, 0.29) is 31.6 Å². The summed E-state index contributed by atoms with van der Waals surface area (Å²) in [6, 6.07) is 0.00962. The van der Waals surface area contributed by atoms with Crippen molar-refractivity contribution in [3.05, 3.63) is 0 Å². The molecule has 0 aliphatic carbocycles. The van der Waals surface area contributed by atoms with E-state index in [1.807, 2.05) is 0 Å². The number of aliphatic hydroxyl groups excluding tert-OH is 2. The molecule has 1 rings (SSSR count). The molecule has 16 heavy (non-hydrogen) atoms. The van der Waals surface area contributed by atoms with Crippen LogP contribution >= 0.6 is 0 Å². The van der Waals surface area contributed by atoms with E-state index in [1.54, 1.807) is 6.92 Å². The first-order valence-electron chi connectivity index (χ1n) is 5.43. The molecule has 1 saturated heterocycles. The molecule has 6 nitrogen and oxygen atoms in total. The molecule has 1 aliphatic rings. The number of ether oxygens (including phenoxy) is 1. The van der Waals surface area contributed by atoms with Crippen molar-refractivity contribution >= 4 is 5.91 Å². The SMILES string of the molecule is CC(CO)(CO)NC(=O)CC1COCCN1. The highest BCUT2D eigenvalue weighted by molar-refractivity contribution is 5.77. The third-order valence-corrected chi connectivity index (χ3v) is 2.57. The molecule has 0 aromatic heterocycles. The molecular formula is C10H20N2O4. The van der Waals surface area contributed by atoms with Crippen molar-refractivity contribution in [1.29, 1.82) is 0 Å². The normalized spacial score (nSPS) is 21.8. The maximum Gasteiger partial charge on any atom is 0.222 e. The van der Waals surface area contributed by atoms with Crippen molar-refractivity contribution < 1.29 is 19.7 Å². The molecule has 6 heteroatoms. The molecular weight excluding hydrogens is 212 g/mol. The average Bonchev–Trinajstić information content (AvgIpc) is 2.30. The number of carbonyl (C=O) groups is 1. The minimum Gasteiger partial charge on any atom is -0.394 e. The summed E-state index contributed by atoms with van der Waals surface area (Å²) in [5, 5.41) is 23.8. The van der Waals surface area contributed by atoms with Gasteiger partial charge in [0.15, 0.2) is 0 Å². The maximum absolute atomic E-state index is 11.6. The number of nitrogens with one attached hydrogen (secondary N) is 2. The third-order valence-electron chi connectivity index (χ3n) is 2.57. The number of carbonyl (C=O) groups excluding carboxylic acids is 1. The van der Waals surface area contributed by atoms with Crippen LogP contribution in [0.2, 0.25) is 0 Å². The van der Waals surface area contributed by atoms with Crippen LogP contribution in [0.4, 0.5) is 0 Å². The molecule has 4 N–H and O–H groups in total. The van der Waals surface area contributed by atoms with E-state index >= 15 is 0 Å². The molecule has 94 valence electrons. The van der Waals surface area contributed by atoms with Gasteiger partial charge in [-0.3, -0.25) is 4.79 Å². The van der Waals surface area contributed by atoms with Crippen molar-refractivity contribution in [2.24, 2.45) is 0 Å². The summed E-state index contributed by atoms with van der Waals surface area (Å²) in [4.78, 5) is 11.6. The molecule has 1 aliphatic heterocycles. The number of hydrogen-bond acceptors (Lipinski definition) is 5. The average molecular weight is 232 g/mol. The highest BCUT2D eigenvalue weighted by Crippen LogP contribution is 2.04. The van der Waals surface area contributed by atoms with Gasteiger partial charge >= 0.3 is 0 Å². The predicted molar refractivity (Wildman–Crippen MR) is 57.9 cm³/mol. The van der Waals surface area contributed by atoms with Gasteiger partial charge in [-0.15, -0.1) is 0 Å². The molecule has 0 spiro atoms. The van der Waals surface area contributed by atoms with Gasteiger partial charge in [0.05, 0.1) is 32.0 Å². The summed E-state index contributed by atoms with van der Waals surface area (Å²) in [5.41, 5.74) is -0.952. The van der Waals surface area contributed by atoms with Crippen LogP contribution < -0.4 is 10.6 Å². The molecule has 1 unspecified atom stereocenters. The quantitative estimate of drug-likeness (QED) is 0.450. The van der Waals surface area contributed by atoms with E-state index < -0.39 is 5.54 Å². The fraction of sp³-hybridized carbons (Fsp3) is 0.900. The summed E-state index contributed by atoms with van der Waals surface area (Å²) in [6.45, 7) is 2.95. The van der Waals surface area contributed by atoms with Crippen molar-refractivity contribution in [3.63, 3.8) is 0 Å². The zero-order chi connectivity index (χ0) is 12.0. The zero-order valence-electron chi connectivity index (χ0n) is 9.53. The topological polar surface area (TPSA) is 90.8 Å². The molecule has 0 aromatic rings. The van der Waals surface area contributed by atoms with Crippen LogP contribution in [0.25, 0.3) is 0 Å². The van der Waals surface area contributed by atoms with Gasteiger partial charge in [0.25, 0.3) is 0 Å². The Morgan fingerprint density at radius 3 is 2.75 bits per heavy atom. The molecule has 1 heterocycles. The van der Waals surface area contributed by atoms with Gasteiger partial charge in [0, 0.05) is 19.0 Å². The predicted octanol–water partition coefficient (Wildman–Crippen LogP) is -1.78. The standard InChI is InChI=1S/C10H20N2O4/c1-10(6-13,7-14)12-9(15)4-8-5-16-3-2-11-8/h8,11,13-14H,2-7H2,1H3,(H,12,15). The first kappa shape index (κ1) is 13.4. The summed E-state index contributed by atoms with van der Waals surface area (Å²) in [5.74, 6) is -0.200. The Morgan fingerprint density at radius 2 is 2.25 bits per heavy atom. The highest BCUT2D eigenvalue weighted by Gasteiger charge is 2.26. The van der Waals surface area contributed by atoms with Gasteiger partial charge in [-0.05, 0) is 6.92 Å². The van der Waals surface area contributed by atoms with Crippen LogP contribution in [-0.4, -0.2) is 60.7 Å². The van der Waals surface area contributed by atoms with Crippen LogP contribution in [0.1, 0.15) is 13.3 Å². The fourth-order valence-corrected chi connectivity index (χ4v) is 1.49. The lowest BCUT2D eigenvalue weighted by atomic mass is 10.0. The summed E-state index contributed by atoms with van der Waals surface area (Å²) < 4.78 is 5.22. The van der Waals surface area contributed by atoms with Crippen LogP contribution in [0, 0.1) is 0 Å². The van der Waals surface area contributed by atoms with Crippen molar-refractivity contribution in [2.45, 2.75) is 24.9 Å². The second-order valence-electron chi connectivity index (χ2n) is 4.36. The molecule has 1 fully saturated rings. The van der Waals surface area contributed by atoms with Gasteiger partial charge < -0.3 is 25.6 Å². The Labute approximate surface area is 95.0 Å². The first-order valence-corrected chi connectivity index (χ1v) is 5.43. The van der Waals surface area contributed by atoms with Gasteiger partial charge in [-0.1, -0.05) is 0 Å². The summed E-state index contributed by atoms with van der Waals surface area (Å²) in [6.07, 6.45) is 0.287. The maximum atomic E-state index is 11.6. The van der Waals surface area contributed by atoms with Gasteiger partial charge in [0.2, 0.25) is 5.91 Å². The molecule has 1 amide bonds.